The van der Waals surface area contributed by atoms with Gasteiger partial charge in [-0.3, -0.25) is 0 Å². The van der Waals surface area contributed by atoms with E-state index in [2.05, 4.69) is 5.32 Å². The number of hydrogen-bond donors (Lipinski definition) is 2. The second-order valence-corrected chi connectivity index (χ2v) is 8.27. The van der Waals surface area contributed by atoms with Gasteiger partial charge in [-0.1, -0.05) is 6.07 Å². The highest BCUT2D eigenvalue weighted by molar-refractivity contribution is 7.92. The highest BCUT2D eigenvalue weighted by atomic mass is 32.2. The molecule has 10 heteroatoms. The Morgan fingerprint density at radius 2 is 2.00 bits per heavy atom. The van der Waals surface area contributed by atoms with Crippen molar-refractivity contribution < 1.29 is 22.4 Å². The number of furan rings is 1. The molecule has 0 atom stereocenters. The van der Waals surface area contributed by atoms with Gasteiger partial charge in [0.25, 0.3) is 10.0 Å². The lowest BCUT2D eigenvalue weighted by Gasteiger charge is -2.26. The Balaban J connectivity index is 2.68. The molecule has 0 fully saturated rings. The smallest absolute Gasteiger partial charge is 0.335 e. The molecule has 1 aromatic carbocycles. The molecule has 0 spiro atoms. The highest BCUT2D eigenvalue weighted by Crippen LogP contribution is 2.36. The van der Waals surface area contributed by atoms with Crippen molar-refractivity contribution in [3.8, 4) is 5.75 Å². The molecule has 2 amide bonds. The minimum atomic E-state index is -4.41. The first-order valence-electron chi connectivity index (χ1n) is 7.86. The predicted octanol–water partition coefficient (Wildman–Crippen LogP) is 2.19. The predicted molar refractivity (Wildman–Crippen MR) is 104 cm³/mol. The van der Waals surface area contributed by atoms with Gasteiger partial charge in [0.1, 0.15) is 16.4 Å². The lowest BCUT2D eigenvalue weighted by molar-refractivity contribution is 0.242. The Labute approximate surface area is 163 Å². The number of ether oxygens (including phenoxy) is 1. The third kappa shape index (κ3) is 3.76. The number of rotatable bonds is 5. The first kappa shape index (κ1) is 20.7. The van der Waals surface area contributed by atoms with Crippen LogP contribution in [0.5, 0.6) is 5.75 Å². The van der Waals surface area contributed by atoms with E-state index < -0.39 is 21.5 Å². The molecular weight excluding hydrogens is 390 g/mol. The molecule has 8 nitrogen and oxygen atoms in total. The Morgan fingerprint density at radius 1 is 1.33 bits per heavy atom. The Hall–Kier alpha value is -2.59. The fraction of sp³-hybridized carbons (Fsp3) is 0.294. The summed E-state index contributed by atoms with van der Waals surface area (Å²) in [5.41, 5.74) is 5.25. The molecule has 3 N–H and O–H groups in total. The molecule has 0 saturated carbocycles. The minimum absolute atomic E-state index is 0.0548. The number of urea groups is 1. The number of thiocarbonyl (C=S) groups is 1. The normalized spacial score (nSPS) is 11.7. The van der Waals surface area contributed by atoms with Gasteiger partial charge in [0, 0.05) is 12.5 Å². The fourth-order valence-electron chi connectivity index (χ4n) is 2.57. The summed E-state index contributed by atoms with van der Waals surface area (Å²) in [4.78, 5) is 11.5. The molecule has 0 aliphatic carbocycles. The molecule has 0 unspecified atom stereocenters. The summed E-state index contributed by atoms with van der Waals surface area (Å²) in [6.07, 6.45) is 1.54. The number of amides is 2. The quantitative estimate of drug-likeness (QED) is 0.725. The van der Waals surface area contributed by atoms with Gasteiger partial charge >= 0.3 is 6.03 Å². The van der Waals surface area contributed by atoms with E-state index in [0.29, 0.717) is 15.6 Å². The van der Waals surface area contributed by atoms with Crippen molar-refractivity contribution >= 4 is 33.4 Å². The molecule has 27 heavy (non-hydrogen) atoms. The Morgan fingerprint density at radius 3 is 2.48 bits per heavy atom. The van der Waals surface area contributed by atoms with E-state index in [-0.39, 0.29) is 15.8 Å². The Bertz CT molecular complexity index is 953. The zero-order chi connectivity index (χ0) is 20.4. The summed E-state index contributed by atoms with van der Waals surface area (Å²) in [6.45, 7) is 3.77. The number of hydrogen-bond acceptors (Lipinski definition) is 6. The number of carbonyl (C=O) groups is 1. The lowest BCUT2D eigenvalue weighted by atomic mass is 9.82. The summed E-state index contributed by atoms with van der Waals surface area (Å²) < 4.78 is 37.2. The van der Waals surface area contributed by atoms with E-state index in [0.717, 1.165) is 0 Å². The largest absolute Gasteiger partial charge is 0.495 e. The number of nitrogens with two attached hydrogens (primary N) is 1. The van der Waals surface area contributed by atoms with Gasteiger partial charge in [-0.15, -0.1) is 0 Å². The van der Waals surface area contributed by atoms with E-state index in [1.54, 1.807) is 24.5 Å². The average molecular weight is 412 g/mol. The maximum Gasteiger partial charge on any atom is 0.335 e. The number of carbonyl (C=O) groups excluding carboxylic acids is 1. The molecule has 1 aromatic heterocycles. The van der Waals surface area contributed by atoms with E-state index in [1.165, 1.54) is 26.3 Å². The van der Waals surface area contributed by atoms with Crippen LogP contribution in [0.1, 0.15) is 25.2 Å². The molecule has 0 aliphatic rings. The van der Waals surface area contributed by atoms with Crippen molar-refractivity contribution in [2.75, 3.05) is 14.2 Å². The molecule has 0 bridgehead atoms. The van der Waals surface area contributed by atoms with Crippen LogP contribution in [0.2, 0.25) is 0 Å². The number of methoxy groups -OCH3 is 1. The number of nitrogens with one attached hydrogen (secondary N) is 1. The van der Waals surface area contributed by atoms with Crippen molar-refractivity contribution in [1.29, 1.82) is 0 Å². The number of sulfonamides is 1. The summed E-state index contributed by atoms with van der Waals surface area (Å²) in [6, 6.07) is 6.97. The van der Waals surface area contributed by atoms with Crippen LogP contribution in [0.25, 0.3) is 0 Å². The van der Waals surface area contributed by atoms with Gasteiger partial charge in [-0.2, -0.15) is 4.31 Å². The van der Waals surface area contributed by atoms with Crippen molar-refractivity contribution in [3.05, 3.63) is 47.9 Å². The van der Waals surface area contributed by atoms with Crippen LogP contribution in [0.4, 0.5) is 4.79 Å². The van der Waals surface area contributed by atoms with Crippen LogP contribution < -0.4 is 15.8 Å². The van der Waals surface area contributed by atoms with Crippen LogP contribution in [0, 0.1) is 0 Å². The molecule has 0 saturated heterocycles. The van der Waals surface area contributed by atoms with Crippen LogP contribution in [0.3, 0.4) is 0 Å². The summed E-state index contributed by atoms with van der Waals surface area (Å²) in [7, 11) is -1.69. The maximum absolute atomic E-state index is 13.1. The first-order chi connectivity index (χ1) is 12.6. The SMILES string of the molecule is CNC(=S)N(C(N)=O)S(=O)(=O)c1cc(C(C)(C)c2ccco2)ccc1OC. The Kier molecular flexibility index (Phi) is 5.81. The monoisotopic (exact) mass is 411 g/mol. The van der Waals surface area contributed by atoms with Crippen LogP contribution in [-0.2, 0) is 15.4 Å². The van der Waals surface area contributed by atoms with Gasteiger partial charge in [0.05, 0.1) is 13.4 Å². The lowest BCUT2D eigenvalue weighted by Crippen LogP contribution is -2.48. The van der Waals surface area contributed by atoms with Crippen molar-refractivity contribution in [2.45, 2.75) is 24.2 Å². The maximum atomic E-state index is 13.1. The van der Waals surface area contributed by atoms with E-state index in [9.17, 15) is 13.2 Å². The minimum Gasteiger partial charge on any atom is -0.495 e. The summed E-state index contributed by atoms with van der Waals surface area (Å²) in [5, 5.41) is 2.10. The van der Waals surface area contributed by atoms with Crippen LogP contribution >= 0.6 is 12.2 Å². The summed E-state index contributed by atoms with van der Waals surface area (Å²) in [5.74, 6) is 0.702. The molecular formula is C17H21N3O5S2. The molecule has 1 heterocycles. The van der Waals surface area contributed by atoms with E-state index in [1.807, 2.05) is 13.8 Å². The zero-order valence-electron chi connectivity index (χ0n) is 15.3. The molecule has 146 valence electrons. The van der Waals surface area contributed by atoms with Crippen LogP contribution in [-0.4, -0.2) is 38.0 Å². The number of nitrogens with zero attached hydrogens (tertiary/aromatic N) is 1. The second-order valence-electron chi connectivity index (χ2n) is 6.13. The van der Waals surface area contributed by atoms with Gasteiger partial charge in [-0.05, 0) is 55.9 Å². The molecule has 0 radical (unpaired) electrons. The third-order valence-corrected chi connectivity index (χ3v) is 6.36. The van der Waals surface area contributed by atoms with Gasteiger partial charge in [0.15, 0.2) is 5.11 Å². The molecule has 0 aliphatic heterocycles. The van der Waals surface area contributed by atoms with Crippen molar-refractivity contribution in [3.63, 3.8) is 0 Å². The summed E-state index contributed by atoms with van der Waals surface area (Å²) >= 11 is 4.93. The van der Waals surface area contributed by atoms with Crippen molar-refractivity contribution in [1.82, 2.24) is 9.62 Å². The zero-order valence-corrected chi connectivity index (χ0v) is 17.0. The second kappa shape index (κ2) is 7.57. The fourth-order valence-corrected chi connectivity index (χ4v) is 4.38. The van der Waals surface area contributed by atoms with E-state index in [4.69, 9.17) is 27.1 Å². The molecule has 2 aromatic rings. The number of primary amides is 1. The topological polar surface area (TPSA) is 115 Å². The van der Waals surface area contributed by atoms with E-state index >= 15 is 0 Å². The van der Waals surface area contributed by atoms with Gasteiger partial charge in [0.2, 0.25) is 0 Å². The highest BCUT2D eigenvalue weighted by Gasteiger charge is 2.35. The van der Waals surface area contributed by atoms with Crippen molar-refractivity contribution in [2.24, 2.45) is 5.73 Å². The van der Waals surface area contributed by atoms with Gasteiger partial charge in [-0.25, -0.2) is 13.2 Å². The first-order valence-corrected chi connectivity index (χ1v) is 9.71. The van der Waals surface area contributed by atoms with Gasteiger partial charge < -0.3 is 20.2 Å². The van der Waals surface area contributed by atoms with Crippen LogP contribution in [0.15, 0.2) is 45.9 Å². The third-order valence-electron chi connectivity index (χ3n) is 4.14. The average Bonchev–Trinajstić information content (AvgIpc) is 3.15. The molecule has 2 rings (SSSR count). The number of benzene rings is 1. The standard InChI is InChI=1S/C17H21N3O5S2/c1-17(2,14-6-5-9-25-14)11-7-8-12(24-4)13(10-11)27(22,23)20(15(18)21)16(26)19-3/h5-10H,1-4H3,(H2,18,21)(H,19,26).